The van der Waals surface area contributed by atoms with Crippen molar-refractivity contribution in [1.29, 1.82) is 0 Å². The second-order valence-electron chi connectivity index (χ2n) is 6.02. The molecule has 0 spiro atoms. The summed E-state index contributed by atoms with van der Waals surface area (Å²) in [6.45, 7) is 5.91. The van der Waals surface area contributed by atoms with Crippen molar-refractivity contribution in [3.05, 3.63) is 45.3 Å². The van der Waals surface area contributed by atoms with Gasteiger partial charge in [-0.15, -0.1) is 0 Å². The predicted molar refractivity (Wildman–Crippen MR) is 88.8 cm³/mol. The minimum atomic E-state index is -0.409. The van der Waals surface area contributed by atoms with Crippen molar-refractivity contribution >= 4 is 17.3 Å². The Hall–Kier alpha value is -2.21. The van der Waals surface area contributed by atoms with Crippen LogP contribution in [0.3, 0.4) is 0 Å². The number of nitrogens with one attached hydrogen (secondary N) is 2. The maximum absolute atomic E-state index is 11.5. The van der Waals surface area contributed by atoms with Crippen LogP contribution in [0, 0.1) is 0 Å². The highest BCUT2D eigenvalue weighted by molar-refractivity contribution is 6.32. The smallest absolute Gasteiger partial charge is 0.285 e. The first-order valence-electron chi connectivity index (χ1n) is 7.34. The molecule has 2 heterocycles. The molecule has 0 bridgehead atoms. The summed E-state index contributed by atoms with van der Waals surface area (Å²) in [6.07, 6.45) is 1.50. The summed E-state index contributed by atoms with van der Waals surface area (Å²) in [5.41, 5.74) is 1.000. The lowest BCUT2D eigenvalue weighted by molar-refractivity contribution is 0.171. The van der Waals surface area contributed by atoms with Gasteiger partial charge in [0.25, 0.3) is 5.56 Å². The fourth-order valence-corrected chi connectivity index (χ4v) is 2.55. The van der Waals surface area contributed by atoms with Crippen LogP contribution < -0.4 is 20.3 Å². The minimum Gasteiger partial charge on any atom is -0.486 e. The van der Waals surface area contributed by atoms with Gasteiger partial charge in [-0.25, -0.2) is 5.10 Å². The monoisotopic (exact) mass is 335 g/mol. The Morgan fingerprint density at radius 2 is 2.04 bits per heavy atom. The Balaban J connectivity index is 1.78. The molecule has 1 aromatic heterocycles. The number of ether oxygens (including phenoxy) is 2. The van der Waals surface area contributed by atoms with E-state index in [4.69, 9.17) is 21.1 Å². The number of aromatic amines is 1. The van der Waals surface area contributed by atoms with Gasteiger partial charge < -0.3 is 14.8 Å². The molecule has 2 N–H and O–H groups in total. The molecule has 1 aliphatic heterocycles. The molecule has 0 unspecified atom stereocenters. The van der Waals surface area contributed by atoms with Crippen molar-refractivity contribution < 1.29 is 9.47 Å². The maximum Gasteiger partial charge on any atom is 0.285 e. The number of hydrogen-bond acceptors (Lipinski definition) is 5. The van der Waals surface area contributed by atoms with E-state index in [1.165, 1.54) is 6.20 Å². The number of anilines is 1. The van der Waals surface area contributed by atoms with E-state index in [2.05, 4.69) is 29.4 Å². The van der Waals surface area contributed by atoms with Gasteiger partial charge in [0, 0.05) is 12.0 Å². The Morgan fingerprint density at radius 1 is 1.30 bits per heavy atom. The van der Waals surface area contributed by atoms with Crippen molar-refractivity contribution in [2.75, 3.05) is 25.1 Å². The van der Waals surface area contributed by atoms with Crippen LogP contribution in [0.25, 0.3) is 0 Å². The molecular weight excluding hydrogens is 318 g/mol. The second-order valence-corrected chi connectivity index (χ2v) is 6.40. The molecule has 3 rings (SSSR count). The summed E-state index contributed by atoms with van der Waals surface area (Å²) in [4.78, 5) is 11.5. The number of fused-ring (bicyclic) bond motifs is 1. The van der Waals surface area contributed by atoms with Crippen LogP contribution in [-0.4, -0.2) is 30.0 Å². The summed E-state index contributed by atoms with van der Waals surface area (Å²) in [7, 11) is 0. The van der Waals surface area contributed by atoms with E-state index < -0.39 is 5.56 Å². The molecule has 1 aromatic carbocycles. The number of H-pyrrole nitrogens is 1. The van der Waals surface area contributed by atoms with Gasteiger partial charge in [-0.2, -0.15) is 5.10 Å². The zero-order chi connectivity index (χ0) is 16.4. The summed E-state index contributed by atoms with van der Waals surface area (Å²) in [6, 6.07) is 5.94. The number of benzene rings is 1. The van der Waals surface area contributed by atoms with E-state index >= 15 is 0 Å². The van der Waals surface area contributed by atoms with Gasteiger partial charge in [0.15, 0.2) is 11.5 Å². The highest BCUT2D eigenvalue weighted by atomic mass is 35.5. The van der Waals surface area contributed by atoms with Gasteiger partial charge in [-0.05, 0) is 17.7 Å². The van der Waals surface area contributed by atoms with Crippen LogP contribution >= 0.6 is 11.6 Å². The van der Waals surface area contributed by atoms with Crippen LogP contribution in [0.15, 0.2) is 29.2 Å². The minimum absolute atomic E-state index is 0.109. The fraction of sp³-hybridized carbons (Fsp3) is 0.375. The Morgan fingerprint density at radius 3 is 2.83 bits per heavy atom. The lowest BCUT2D eigenvalue weighted by Crippen LogP contribution is -2.28. The van der Waals surface area contributed by atoms with Crippen LogP contribution in [0.5, 0.6) is 11.5 Å². The average molecular weight is 336 g/mol. The third-order valence-electron chi connectivity index (χ3n) is 3.84. The molecule has 122 valence electrons. The first-order chi connectivity index (χ1) is 11.0. The van der Waals surface area contributed by atoms with E-state index in [1.54, 1.807) is 0 Å². The van der Waals surface area contributed by atoms with Gasteiger partial charge in [-0.1, -0.05) is 31.5 Å². The first-order valence-corrected chi connectivity index (χ1v) is 7.72. The molecule has 0 atom stereocenters. The molecule has 0 saturated carbocycles. The second kappa shape index (κ2) is 6.12. The Labute approximate surface area is 138 Å². The third-order valence-corrected chi connectivity index (χ3v) is 4.22. The first kappa shape index (κ1) is 15.7. The van der Waals surface area contributed by atoms with E-state index in [0.29, 0.717) is 25.4 Å². The average Bonchev–Trinajstić information content (AvgIpc) is 2.56. The normalized spacial score (nSPS) is 13.7. The summed E-state index contributed by atoms with van der Waals surface area (Å²) in [5, 5.41) is 9.35. The molecule has 1 aliphatic rings. The number of hydrogen-bond donors (Lipinski definition) is 2. The standard InChI is InChI=1S/C16H18ClN3O3/c1-16(2,9-18-11-8-19-20-15(21)14(11)17)10-3-4-12-13(7-10)23-6-5-22-12/h3-4,7-8H,5-6,9H2,1-2H3,(H2,18,20,21). The largest absolute Gasteiger partial charge is 0.486 e. The van der Waals surface area contributed by atoms with Crippen LogP contribution in [0.4, 0.5) is 5.69 Å². The van der Waals surface area contributed by atoms with Crippen LogP contribution in [0.2, 0.25) is 5.02 Å². The zero-order valence-electron chi connectivity index (χ0n) is 13.0. The molecule has 7 heteroatoms. The number of halogens is 1. The quantitative estimate of drug-likeness (QED) is 0.898. The molecule has 6 nitrogen and oxygen atoms in total. The molecule has 2 aromatic rings. The lowest BCUT2D eigenvalue weighted by Gasteiger charge is -2.28. The van der Waals surface area contributed by atoms with Gasteiger partial charge in [0.1, 0.15) is 18.2 Å². The Bertz CT molecular complexity index is 773. The summed E-state index contributed by atoms with van der Waals surface area (Å²) >= 11 is 5.98. The zero-order valence-corrected chi connectivity index (χ0v) is 13.7. The molecule has 0 amide bonds. The molecular formula is C16H18ClN3O3. The molecule has 0 saturated heterocycles. The number of rotatable bonds is 4. The molecule has 0 radical (unpaired) electrons. The van der Waals surface area contributed by atoms with E-state index in [9.17, 15) is 4.79 Å². The van der Waals surface area contributed by atoms with Gasteiger partial charge in [0.2, 0.25) is 0 Å². The van der Waals surface area contributed by atoms with Gasteiger partial charge in [-0.3, -0.25) is 4.79 Å². The van der Waals surface area contributed by atoms with E-state index in [0.717, 1.165) is 17.1 Å². The molecule has 0 aliphatic carbocycles. The van der Waals surface area contributed by atoms with Crippen molar-refractivity contribution in [3.63, 3.8) is 0 Å². The highest BCUT2D eigenvalue weighted by Crippen LogP contribution is 2.35. The van der Waals surface area contributed by atoms with Crippen LogP contribution in [-0.2, 0) is 5.41 Å². The lowest BCUT2D eigenvalue weighted by atomic mass is 9.84. The van der Waals surface area contributed by atoms with E-state index in [-0.39, 0.29) is 10.4 Å². The van der Waals surface area contributed by atoms with Crippen molar-refractivity contribution in [1.82, 2.24) is 10.2 Å². The summed E-state index contributed by atoms with van der Waals surface area (Å²) < 4.78 is 11.2. The van der Waals surface area contributed by atoms with Crippen LogP contribution in [0.1, 0.15) is 19.4 Å². The fourth-order valence-electron chi connectivity index (χ4n) is 2.39. The predicted octanol–water partition coefficient (Wildman–Crippen LogP) is 2.58. The van der Waals surface area contributed by atoms with Gasteiger partial charge >= 0.3 is 0 Å². The van der Waals surface area contributed by atoms with Crippen molar-refractivity contribution in [2.24, 2.45) is 0 Å². The van der Waals surface area contributed by atoms with Crippen molar-refractivity contribution in [2.45, 2.75) is 19.3 Å². The summed E-state index contributed by atoms with van der Waals surface area (Å²) in [5.74, 6) is 1.53. The molecule has 0 fully saturated rings. The third kappa shape index (κ3) is 3.27. The topological polar surface area (TPSA) is 76.2 Å². The van der Waals surface area contributed by atoms with Crippen molar-refractivity contribution in [3.8, 4) is 11.5 Å². The Kier molecular flexibility index (Phi) is 4.17. The maximum atomic E-state index is 11.5. The van der Waals surface area contributed by atoms with Gasteiger partial charge in [0.05, 0.1) is 11.9 Å². The highest BCUT2D eigenvalue weighted by Gasteiger charge is 2.24. The molecule has 23 heavy (non-hydrogen) atoms. The number of aromatic nitrogens is 2. The number of nitrogens with zero attached hydrogens (tertiary/aromatic N) is 1. The van der Waals surface area contributed by atoms with E-state index in [1.807, 2.05) is 18.2 Å². The SMILES string of the molecule is CC(C)(CNc1cn[nH]c(=O)c1Cl)c1ccc2c(c1)OCCO2.